The minimum absolute atomic E-state index is 0.000391. The van der Waals surface area contributed by atoms with Gasteiger partial charge in [-0.2, -0.15) is 0 Å². The standard InChI is InChI=1S/C16H25BO4.C15H16N2O4.C14H19N3O2/c1-14(2)15(3,4)21-17(20-14)11-6-8-16(9-7-11)10-12(16)13(18)19-5;1-21-14(18)12-8-15(12)6-4-10(5-7-15)13-3-2-11(9-16-13)17(19)20;1-19-13(18)11-8-14(11)4-6-17(7-5-14)12-3-2-10(15)9-16-12/h6,12H,7-10H2,1-5H3;2-4,9,12H,5-8H2,1H3;2-3,9,11H,4-8,15H2,1H3. The third-order valence-corrected chi connectivity index (χ3v) is 15.1. The lowest BCUT2D eigenvalue weighted by molar-refractivity contribution is -0.385. The van der Waals surface area contributed by atoms with Gasteiger partial charge in [0.2, 0.25) is 0 Å². The van der Waals surface area contributed by atoms with E-state index in [0.29, 0.717) is 5.69 Å². The fourth-order valence-electron chi connectivity index (χ4n) is 9.76. The third kappa shape index (κ3) is 9.07. The number of nitrogen functional groups attached to an aromatic ring is 1. The van der Waals surface area contributed by atoms with E-state index in [1.165, 1.54) is 39.1 Å². The number of rotatable bonds is 7. The maximum atomic E-state index is 11.7. The van der Waals surface area contributed by atoms with E-state index in [-0.39, 0.29) is 75.9 Å². The zero-order chi connectivity index (χ0) is 44.0. The van der Waals surface area contributed by atoms with Crippen molar-refractivity contribution in [3.05, 3.63) is 70.1 Å². The van der Waals surface area contributed by atoms with Gasteiger partial charge in [-0.15, -0.1) is 0 Å². The summed E-state index contributed by atoms with van der Waals surface area (Å²) in [7, 11) is 4.15. The number of esters is 3. The van der Waals surface area contributed by atoms with Gasteiger partial charge < -0.3 is 34.2 Å². The highest BCUT2D eigenvalue weighted by atomic mass is 16.7. The van der Waals surface area contributed by atoms with Crippen molar-refractivity contribution in [3.63, 3.8) is 0 Å². The number of pyridine rings is 2. The number of hydrogen-bond acceptors (Lipinski definition) is 14. The van der Waals surface area contributed by atoms with Gasteiger partial charge in [-0.3, -0.25) is 24.5 Å². The first kappa shape index (κ1) is 44.2. The number of nitro groups is 1. The lowest BCUT2D eigenvalue weighted by atomic mass is 9.69. The monoisotopic (exact) mass is 841 g/mol. The number of allylic oxidation sites excluding steroid dienone is 4. The molecule has 2 aliphatic heterocycles. The van der Waals surface area contributed by atoms with Crippen molar-refractivity contribution in [2.45, 2.75) is 110 Å². The van der Waals surface area contributed by atoms with E-state index in [1.807, 2.05) is 12.1 Å². The smallest absolute Gasteiger partial charge is 0.469 e. The number of carbonyl (C=O) groups is 3. The van der Waals surface area contributed by atoms with E-state index in [9.17, 15) is 24.5 Å². The van der Waals surface area contributed by atoms with Crippen LogP contribution in [0.2, 0.25) is 0 Å². The molecule has 2 N–H and O–H groups in total. The Morgan fingerprint density at radius 2 is 1.30 bits per heavy atom. The summed E-state index contributed by atoms with van der Waals surface area (Å²) >= 11 is 0. The van der Waals surface area contributed by atoms with Gasteiger partial charge in [-0.1, -0.05) is 12.2 Å². The Bertz CT molecular complexity index is 2050. The zero-order valence-corrected chi connectivity index (χ0v) is 36.6. The molecule has 0 amide bonds. The van der Waals surface area contributed by atoms with Crippen molar-refractivity contribution in [2.75, 3.05) is 45.1 Å². The highest BCUT2D eigenvalue weighted by Gasteiger charge is 2.61. The summed E-state index contributed by atoms with van der Waals surface area (Å²) in [6, 6.07) is 6.99. The molecule has 7 aliphatic rings. The molecule has 15 nitrogen and oxygen atoms in total. The average Bonchev–Trinajstić information content (AvgIpc) is 4.22. The van der Waals surface area contributed by atoms with Crippen LogP contribution in [0.3, 0.4) is 0 Å². The Hall–Kier alpha value is -4.83. The van der Waals surface area contributed by atoms with Crippen LogP contribution in [-0.4, -0.2) is 85.5 Å². The van der Waals surface area contributed by atoms with Crippen LogP contribution in [0.5, 0.6) is 0 Å². The molecule has 2 aromatic heterocycles. The van der Waals surface area contributed by atoms with Crippen molar-refractivity contribution in [3.8, 4) is 0 Å². The quantitative estimate of drug-likeness (QED) is 0.0976. The first-order valence-corrected chi connectivity index (χ1v) is 21.5. The van der Waals surface area contributed by atoms with Crippen molar-refractivity contribution in [1.82, 2.24) is 9.97 Å². The van der Waals surface area contributed by atoms with E-state index >= 15 is 0 Å². The highest BCUT2D eigenvalue weighted by Crippen LogP contribution is 2.63. The maximum Gasteiger partial charge on any atom is 0.490 e. The number of aromatic nitrogens is 2. The number of carbonyl (C=O) groups excluding carboxylic acids is 3. The first-order chi connectivity index (χ1) is 28.9. The summed E-state index contributed by atoms with van der Waals surface area (Å²) in [5.74, 6) is 1.02. The summed E-state index contributed by atoms with van der Waals surface area (Å²) in [4.78, 5) is 55.8. The molecule has 61 heavy (non-hydrogen) atoms. The molecule has 2 saturated heterocycles. The minimum atomic E-state index is -0.452. The molecule has 5 fully saturated rings. The molecule has 5 aliphatic carbocycles. The normalized spacial score (nSPS) is 29.5. The molecule has 2 aromatic rings. The third-order valence-electron chi connectivity index (χ3n) is 15.1. The summed E-state index contributed by atoms with van der Waals surface area (Å²) in [6.07, 6.45) is 17.8. The van der Waals surface area contributed by atoms with Gasteiger partial charge in [-0.05, 0) is 144 Å². The second-order valence-corrected chi connectivity index (χ2v) is 19.0. The van der Waals surface area contributed by atoms with E-state index in [2.05, 4.69) is 54.7 Å². The molecule has 4 heterocycles. The van der Waals surface area contributed by atoms with Crippen LogP contribution >= 0.6 is 0 Å². The topological polar surface area (TPSA) is 196 Å². The van der Waals surface area contributed by atoms with E-state index < -0.39 is 4.92 Å². The van der Waals surface area contributed by atoms with E-state index in [4.69, 9.17) is 29.3 Å². The van der Waals surface area contributed by atoms with Crippen LogP contribution in [-0.2, 0) is 37.9 Å². The Balaban J connectivity index is 0.000000138. The fourth-order valence-corrected chi connectivity index (χ4v) is 9.76. The molecule has 3 spiro atoms. The lowest BCUT2D eigenvalue weighted by Gasteiger charge is -2.33. The number of nitrogens with two attached hydrogens (primary N) is 1. The number of ether oxygens (including phenoxy) is 3. The summed E-state index contributed by atoms with van der Waals surface area (Å²) in [5, 5.41) is 10.6. The molecule has 3 saturated carbocycles. The Morgan fingerprint density at radius 1 is 0.754 bits per heavy atom. The van der Waals surface area contributed by atoms with E-state index in [1.54, 1.807) is 12.3 Å². The molecule has 0 radical (unpaired) electrons. The van der Waals surface area contributed by atoms with Crippen LogP contribution < -0.4 is 10.6 Å². The van der Waals surface area contributed by atoms with Gasteiger partial charge in [0.05, 0.1) is 72.8 Å². The van der Waals surface area contributed by atoms with Crippen LogP contribution in [0.1, 0.15) is 104 Å². The van der Waals surface area contributed by atoms with Gasteiger partial charge in [0.15, 0.2) is 0 Å². The number of methoxy groups -OCH3 is 3. The zero-order valence-electron chi connectivity index (χ0n) is 36.6. The summed E-state index contributed by atoms with van der Waals surface area (Å²) < 4.78 is 26.7. The van der Waals surface area contributed by atoms with Crippen molar-refractivity contribution < 1.29 is 42.8 Å². The first-order valence-electron chi connectivity index (χ1n) is 21.5. The fraction of sp³-hybridized carbons (Fsp3) is 0.622. The van der Waals surface area contributed by atoms with Crippen molar-refractivity contribution in [1.29, 1.82) is 0 Å². The number of piperidine rings is 1. The lowest BCUT2D eigenvalue weighted by Crippen LogP contribution is -2.41. The van der Waals surface area contributed by atoms with Crippen molar-refractivity contribution >= 4 is 47.8 Å². The number of anilines is 2. The Morgan fingerprint density at radius 3 is 1.74 bits per heavy atom. The van der Waals surface area contributed by atoms with Gasteiger partial charge in [0, 0.05) is 19.2 Å². The van der Waals surface area contributed by atoms with E-state index in [0.717, 1.165) is 101 Å². The molecule has 16 heteroatoms. The minimum Gasteiger partial charge on any atom is -0.469 e. The molecule has 5 unspecified atom stereocenters. The second kappa shape index (κ2) is 16.8. The molecule has 328 valence electrons. The van der Waals surface area contributed by atoms with Gasteiger partial charge in [0.1, 0.15) is 12.0 Å². The molecule has 0 aromatic carbocycles. The maximum absolute atomic E-state index is 11.7. The van der Waals surface area contributed by atoms with Crippen molar-refractivity contribution in [2.24, 2.45) is 34.0 Å². The second-order valence-electron chi connectivity index (χ2n) is 19.0. The number of nitrogens with zero attached hydrogens (tertiary/aromatic N) is 4. The molecular weight excluding hydrogens is 781 g/mol. The molecular formula is C45H60BN5O10. The van der Waals surface area contributed by atoms with Crippen LogP contribution in [0.15, 0.2) is 54.3 Å². The Labute approximate surface area is 358 Å². The van der Waals surface area contributed by atoms with Gasteiger partial charge in [0.25, 0.3) is 5.69 Å². The molecule has 9 rings (SSSR count). The predicted molar refractivity (Wildman–Crippen MR) is 228 cm³/mol. The summed E-state index contributed by atoms with van der Waals surface area (Å²) in [6.45, 7) is 10.2. The van der Waals surface area contributed by atoms with Crippen LogP contribution in [0.4, 0.5) is 17.2 Å². The largest absolute Gasteiger partial charge is 0.490 e. The average molecular weight is 842 g/mol. The molecule has 5 atom stereocenters. The SMILES string of the molecule is COC(=O)C1CC12CC=C(B1OC(C)(C)C(C)(C)O1)CC2.COC(=O)C1CC12CC=C(c1ccc([N+](=O)[O-])cn1)CC2.COC(=O)C1CC12CCN(c1ccc(N)cn1)CC2. The highest BCUT2D eigenvalue weighted by molar-refractivity contribution is 6.54. The summed E-state index contributed by atoms with van der Waals surface area (Å²) in [5.41, 5.74) is 9.31. The van der Waals surface area contributed by atoms with Crippen LogP contribution in [0, 0.1) is 44.1 Å². The van der Waals surface area contributed by atoms with Gasteiger partial charge in [-0.25, -0.2) is 9.97 Å². The van der Waals surface area contributed by atoms with Crippen LogP contribution in [0.25, 0.3) is 5.57 Å². The Kier molecular flexibility index (Phi) is 12.2. The predicted octanol–water partition coefficient (Wildman–Crippen LogP) is 7.09. The van der Waals surface area contributed by atoms with Gasteiger partial charge >= 0.3 is 25.0 Å². The molecule has 0 bridgehead atoms. The number of hydrogen-bond donors (Lipinski definition) is 1.